The van der Waals surface area contributed by atoms with Crippen LogP contribution < -0.4 is 10.1 Å². The number of hydrogen-bond donors (Lipinski definition) is 2. The number of nitrogens with zero attached hydrogens (tertiary/aromatic N) is 3. The van der Waals surface area contributed by atoms with Gasteiger partial charge in [-0.25, -0.2) is 9.97 Å². The van der Waals surface area contributed by atoms with Gasteiger partial charge >= 0.3 is 6.18 Å². The normalized spacial score (nSPS) is 23.8. The van der Waals surface area contributed by atoms with Gasteiger partial charge in [0.25, 0.3) is 0 Å². The molecule has 1 saturated heterocycles. The van der Waals surface area contributed by atoms with Gasteiger partial charge in [-0.05, 0) is 31.0 Å². The number of aromatic nitrogens is 3. The summed E-state index contributed by atoms with van der Waals surface area (Å²) in [5.74, 6) is 1.58. The van der Waals surface area contributed by atoms with Crippen LogP contribution in [0.4, 0.5) is 19.0 Å². The molecule has 3 unspecified atom stereocenters. The van der Waals surface area contributed by atoms with Crippen LogP contribution in [0.1, 0.15) is 23.7 Å². The summed E-state index contributed by atoms with van der Waals surface area (Å²) in [6.45, 7) is 2.96. The lowest BCUT2D eigenvalue weighted by Crippen LogP contribution is -2.47. The number of nitrogens with one attached hydrogen (secondary N) is 2. The molecule has 0 spiro atoms. The molecule has 7 nitrogen and oxygen atoms in total. The number of hydrogen-bond acceptors (Lipinski definition) is 6. The van der Waals surface area contributed by atoms with Crippen molar-refractivity contribution < 1.29 is 22.6 Å². The fourth-order valence-electron chi connectivity index (χ4n) is 4.73. The molecule has 2 aromatic heterocycles. The van der Waals surface area contributed by atoms with Crippen LogP contribution in [-0.2, 0) is 10.9 Å². The Hall–Kier alpha value is -2.85. The van der Waals surface area contributed by atoms with Gasteiger partial charge in [-0.15, -0.1) is 0 Å². The van der Waals surface area contributed by atoms with E-state index in [0.717, 1.165) is 36.9 Å². The van der Waals surface area contributed by atoms with E-state index in [2.05, 4.69) is 25.2 Å². The predicted octanol–water partition coefficient (Wildman–Crippen LogP) is 3.86. The summed E-state index contributed by atoms with van der Waals surface area (Å²) in [6.07, 6.45) is -2.19. The van der Waals surface area contributed by atoms with Crippen LogP contribution >= 0.6 is 0 Å². The molecule has 0 radical (unpaired) electrons. The SMILES string of the molecule is COCC1CCN(C2COc3ccccc3C2Nc2ncnc3[nH]c(C(F)(F)F)cc23)C1. The molecule has 3 atom stereocenters. The molecule has 10 heteroatoms. The number of rotatable bonds is 5. The molecule has 0 bridgehead atoms. The number of methoxy groups -OCH3 is 1. The third-order valence-electron chi connectivity index (χ3n) is 6.26. The van der Waals surface area contributed by atoms with E-state index >= 15 is 0 Å². The lowest BCUT2D eigenvalue weighted by atomic mass is 9.95. The number of alkyl halides is 3. The molecular formula is C22H24F3N5O2. The van der Waals surface area contributed by atoms with Gasteiger partial charge in [0.1, 0.15) is 35.8 Å². The van der Waals surface area contributed by atoms with Gasteiger partial charge in [0, 0.05) is 19.2 Å². The van der Waals surface area contributed by atoms with E-state index < -0.39 is 11.9 Å². The summed E-state index contributed by atoms with van der Waals surface area (Å²) >= 11 is 0. The maximum atomic E-state index is 13.2. The first-order chi connectivity index (χ1) is 15.4. The zero-order valence-corrected chi connectivity index (χ0v) is 17.5. The van der Waals surface area contributed by atoms with Crippen molar-refractivity contribution in [1.29, 1.82) is 0 Å². The fraction of sp³-hybridized carbons (Fsp3) is 0.455. The van der Waals surface area contributed by atoms with Gasteiger partial charge in [-0.3, -0.25) is 4.90 Å². The van der Waals surface area contributed by atoms with E-state index in [1.165, 1.54) is 6.33 Å². The van der Waals surface area contributed by atoms with Crippen LogP contribution in [-0.4, -0.2) is 59.3 Å². The number of ether oxygens (including phenoxy) is 2. The van der Waals surface area contributed by atoms with Crippen LogP contribution in [0, 0.1) is 5.92 Å². The van der Waals surface area contributed by atoms with E-state index in [1.807, 2.05) is 24.3 Å². The van der Waals surface area contributed by atoms with Crippen LogP contribution in [0.25, 0.3) is 11.0 Å². The summed E-state index contributed by atoms with van der Waals surface area (Å²) in [5.41, 5.74) is 0.257. The molecule has 1 aromatic carbocycles. The number of fused-ring (bicyclic) bond motifs is 2. The first kappa shape index (κ1) is 21.0. The molecule has 2 aliphatic rings. The van der Waals surface area contributed by atoms with Crippen molar-refractivity contribution in [2.75, 3.05) is 38.7 Å². The molecule has 0 amide bonds. The van der Waals surface area contributed by atoms with E-state index in [9.17, 15) is 13.2 Å². The third-order valence-corrected chi connectivity index (χ3v) is 6.26. The Labute approximate surface area is 182 Å². The zero-order chi connectivity index (χ0) is 22.3. The average molecular weight is 447 g/mol. The number of aromatic amines is 1. The minimum absolute atomic E-state index is 0.00204. The summed E-state index contributed by atoms with van der Waals surface area (Å²) < 4.78 is 51.1. The molecule has 0 aliphatic carbocycles. The largest absolute Gasteiger partial charge is 0.491 e. The summed E-state index contributed by atoms with van der Waals surface area (Å²) in [7, 11) is 1.71. The van der Waals surface area contributed by atoms with Gasteiger partial charge < -0.3 is 19.8 Å². The van der Waals surface area contributed by atoms with Crippen molar-refractivity contribution in [3.05, 3.63) is 47.9 Å². The van der Waals surface area contributed by atoms with Crippen molar-refractivity contribution in [2.45, 2.75) is 24.7 Å². The average Bonchev–Trinajstić information content (AvgIpc) is 3.42. The smallest absolute Gasteiger partial charge is 0.431 e. The van der Waals surface area contributed by atoms with Gasteiger partial charge in [0.05, 0.1) is 24.1 Å². The number of likely N-dealkylation sites (tertiary alicyclic amines) is 1. The van der Waals surface area contributed by atoms with E-state index in [4.69, 9.17) is 9.47 Å². The topological polar surface area (TPSA) is 75.3 Å². The first-order valence-electron chi connectivity index (χ1n) is 10.6. The van der Waals surface area contributed by atoms with Gasteiger partial charge in [0.2, 0.25) is 0 Å². The molecule has 4 heterocycles. The predicted molar refractivity (Wildman–Crippen MR) is 113 cm³/mol. The van der Waals surface area contributed by atoms with Crippen LogP contribution in [0.3, 0.4) is 0 Å². The standard InChI is InChI=1S/C22H24F3N5O2/c1-31-10-13-6-7-30(9-13)16-11-32-17-5-3-2-4-14(17)19(16)29-21-15-8-18(22(23,24)25)28-20(15)26-12-27-21/h2-5,8,12-13,16,19H,6-7,9-11H2,1H3,(H2,26,27,28,29). The first-order valence-corrected chi connectivity index (χ1v) is 10.6. The monoisotopic (exact) mass is 447 g/mol. The number of anilines is 1. The van der Waals surface area contributed by atoms with E-state index in [-0.39, 0.29) is 17.7 Å². The highest BCUT2D eigenvalue weighted by molar-refractivity contribution is 5.88. The van der Waals surface area contributed by atoms with E-state index in [0.29, 0.717) is 30.3 Å². The molecule has 170 valence electrons. The molecule has 1 fully saturated rings. The molecule has 2 aliphatic heterocycles. The number of H-pyrrole nitrogens is 1. The molecule has 3 aromatic rings. The van der Waals surface area contributed by atoms with Crippen molar-refractivity contribution in [1.82, 2.24) is 19.9 Å². The van der Waals surface area contributed by atoms with Crippen molar-refractivity contribution in [3.63, 3.8) is 0 Å². The maximum absolute atomic E-state index is 13.2. The number of halogens is 3. The molecule has 0 saturated carbocycles. The fourth-order valence-corrected chi connectivity index (χ4v) is 4.73. The second kappa shape index (κ2) is 8.25. The Morgan fingerprint density at radius 1 is 1.28 bits per heavy atom. The highest BCUT2D eigenvalue weighted by Gasteiger charge is 2.39. The lowest BCUT2D eigenvalue weighted by molar-refractivity contribution is -0.140. The van der Waals surface area contributed by atoms with Crippen LogP contribution in [0.2, 0.25) is 0 Å². The number of para-hydroxylation sites is 1. The Morgan fingerprint density at radius 2 is 2.12 bits per heavy atom. The quantitative estimate of drug-likeness (QED) is 0.619. The zero-order valence-electron chi connectivity index (χ0n) is 17.5. The molecule has 32 heavy (non-hydrogen) atoms. The Balaban J connectivity index is 1.50. The van der Waals surface area contributed by atoms with E-state index in [1.54, 1.807) is 7.11 Å². The molecule has 5 rings (SSSR count). The second-order valence-corrected chi connectivity index (χ2v) is 8.31. The summed E-state index contributed by atoms with van der Waals surface area (Å²) in [4.78, 5) is 13.0. The van der Waals surface area contributed by atoms with Gasteiger partial charge in [-0.1, -0.05) is 18.2 Å². The third kappa shape index (κ3) is 3.88. The highest BCUT2D eigenvalue weighted by atomic mass is 19.4. The minimum atomic E-state index is -4.49. The lowest BCUT2D eigenvalue weighted by Gasteiger charge is -2.39. The molecular weight excluding hydrogens is 423 g/mol. The second-order valence-electron chi connectivity index (χ2n) is 8.31. The summed E-state index contributed by atoms with van der Waals surface area (Å²) in [5, 5.41) is 3.73. The van der Waals surface area contributed by atoms with Gasteiger partial charge in [-0.2, -0.15) is 13.2 Å². The Morgan fingerprint density at radius 3 is 2.94 bits per heavy atom. The summed E-state index contributed by atoms with van der Waals surface area (Å²) in [6, 6.07) is 8.59. The van der Waals surface area contributed by atoms with Crippen LogP contribution in [0.15, 0.2) is 36.7 Å². The molecule has 2 N–H and O–H groups in total. The van der Waals surface area contributed by atoms with Gasteiger partial charge in [0.15, 0.2) is 0 Å². The number of benzene rings is 1. The van der Waals surface area contributed by atoms with Crippen molar-refractivity contribution in [3.8, 4) is 5.75 Å². The highest BCUT2D eigenvalue weighted by Crippen LogP contribution is 2.39. The van der Waals surface area contributed by atoms with Crippen molar-refractivity contribution in [2.24, 2.45) is 5.92 Å². The maximum Gasteiger partial charge on any atom is 0.431 e. The Bertz CT molecular complexity index is 1100. The Kier molecular flexibility index (Phi) is 5.42. The van der Waals surface area contributed by atoms with Crippen molar-refractivity contribution >= 4 is 16.9 Å². The minimum Gasteiger partial charge on any atom is -0.491 e. The van der Waals surface area contributed by atoms with Crippen LogP contribution in [0.5, 0.6) is 5.75 Å².